The number of carbonyl (C=O) groups excluding carboxylic acids is 2. The van der Waals surface area contributed by atoms with Gasteiger partial charge in [-0.15, -0.1) is 0 Å². The van der Waals surface area contributed by atoms with E-state index in [0.717, 1.165) is 5.56 Å². The number of amides is 2. The second-order valence-corrected chi connectivity index (χ2v) is 11.9. The summed E-state index contributed by atoms with van der Waals surface area (Å²) in [4.78, 5) is 40.2. The Morgan fingerprint density at radius 2 is 1.70 bits per heavy atom. The van der Waals surface area contributed by atoms with Crippen molar-refractivity contribution in [2.24, 2.45) is 11.3 Å². The first-order chi connectivity index (χ1) is 17.1. The third kappa shape index (κ3) is 5.68. The van der Waals surface area contributed by atoms with Gasteiger partial charge in [0.25, 0.3) is 0 Å². The summed E-state index contributed by atoms with van der Waals surface area (Å²) in [7, 11) is 0. The van der Waals surface area contributed by atoms with Crippen LogP contribution >= 0.6 is 11.6 Å². The first-order valence-corrected chi connectivity index (χ1v) is 12.9. The second kappa shape index (κ2) is 10.5. The van der Waals surface area contributed by atoms with Crippen LogP contribution in [0.2, 0.25) is 5.02 Å². The number of carbonyl (C=O) groups is 3. The maximum absolute atomic E-state index is 13.7. The number of nitrogens with one attached hydrogen (secondary N) is 1. The number of carboxylic acids is 1. The summed E-state index contributed by atoms with van der Waals surface area (Å²) in [5, 5.41) is 24.5. The number of nitrogens with zero attached hydrogens (tertiary/aromatic N) is 1. The van der Waals surface area contributed by atoms with E-state index in [2.05, 4.69) is 5.32 Å². The van der Waals surface area contributed by atoms with Gasteiger partial charge >= 0.3 is 5.97 Å². The molecule has 0 saturated carbocycles. The largest absolute Gasteiger partial charge is 0.478 e. The van der Waals surface area contributed by atoms with Gasteiger partial charge in [0.05, 0.1) is 16.6 Å². The lowest BCUT2D eigenvalue weighted by Gasteiger charge is -2.51. The van der Waals surface area contributed by atoms with Crippen molar-refractivity contribution in [1.82, 2.24) is 10.2 Å². The highest BCUT2D eigenvalue weighted by Crippen LogP contribution is 2.46. The SMILES string of the molecule is CC(C)[C@@H](NC(=O)C(C)(C)c1cccc(C(=O)O)c1)C(=O)N1CC[C@](O)(c2ccc(Cl)cc2)C(C)(C)C1. The lowest BCUT2D eigenvalue weighted by molar-refractivity contribution is -0.157. The second-order valence-electron chi connectivity index (χ2n) is 11.5. The van der Waals surface area contributed by atoms with Crippen LogP contribution in [-0.2, 0) is 20.6 Å². The van der Waals surface area contributed by atoms with Crippen LogP contribution in [-0.4, -0.2) is 52.0 Å². The summed E-state index contributed by atoms with van der Waals surface area (Å²) in [6.45, 7) is 11.7. The van der Waals surface area contributed by atoms with E-state index in [4.69, 9.17) is 11.6 Å². The van der Waals surface area contributed by atoms with Crippen LogP contribution in [0.4, 0.5) is 0 Å². The predicted octanol–water partition coefficient (Wildman–Crippen LogP) is 4.60. The molecule has 3 N–H and O–H groups in total. The Bertz CT molecular complexity index is 1180. The molecule has 1 aliphatic heterocycles. The molecule has 200 valence electrons. The average Bonchev–Trinajstić information content (AvgIpc) is 2.83. The van der Waals surface area contributed by atoms with Crippen LogP contribution in [0, 0.1) is 11.3 Å². The zero-order valence-corrected chi connectivity index (χ0v) is 23.1. The van der Waals surface area contributed by atoms with Crippen molar-refractivity contribution in [2.45, 2.75) is 65.0 Å². The maximum Gasteiger partial charge on any atom is 0.335 e. The van der Waals surface area contributed by atoms with Gasteiger partial charge in [0.15, 0.2) is 0 Å². The maximum atomic E-state index is 13.7. The summed E-state index contributed by atoms with van der Waals surface area (Å²) in [5.41, 5.74) is -1.45. The summed E-state index contributed by atoms with van der Waals surface area (Å²) in [5.74, 6) is -1.82. The van der Waals surface area contributed by atoms with E-state index in [1.165, 1.54) is 12.1 Å². The van der Waals surface area contributed by atoms with Crippen LogP contribution in [0.5, 0.6) is 0 Å². The quantitative estimate of drug-likeness (QED) is 0.487. The Balaban J connectivity index is 1.79. The van der Waals surface area contributed by atoms with Gasteiger partial charge in [-0.05, 0) is 61.6 Å². The molecule has 3 rings (SSSR count). The highest BCUT2D eigenvalue weighted by Gasteiger charge is 2.50. The van der Waals surface area contributed by atoms with Gasteiger partial charge in [-0.25, -0.2) is 4.79 Å². The number of halogens is 1. The van der Waals surface area contributed by atoms with Crippen molar-refractivity contribution in [2.75, 3.05) is 13.1 Å². The smallest absolute Gasteiger partial charge is 0.335 e. The lowest BCUT2D eigenvalue weighted by atomic mass is 9.66. The number of likely N-dealkylation sites (tertiary alicyclic amines) is 1. The Labute approximate surface area is 223 Å². The van der Waals surface area contributed by atoms with E-state index < -0.39 is 28.4 Å². The van der Waals surface area contributed by atoms with E-state index in [-0.39, 0.29) is 23.3 Å². The number of aromatic carboxylic acids is 1. The van der Waals surface area contributed by atoms with E-state index >= 15 is 0 Å². The molecule has 8 heteroatoms. The standard InChI is InChI=1S/C29H37ClN2O5/c1-18(2)23(31-26(36)28(5,6)21-9-7-8-19(16-21)25(34)35)24(33)32-15-14-29(37,27(3,4)17-32)20-10-12-22(30)13-11-20/h7-13,16,18,23,37H,14-15,17H2,1-6H3,(H,31,36)(H,34,35)/t23-,29+/m1/s1. The van der Waals surface area contributed by atoms with E-state index in [1.807, 2.05) is 39.8 Å². The number of carboxylic acid groups (broad SMARTS) is 1. The molecule has 0 aromatic heterocycles. The molecule has 2 aromatic rings. The zero-order valence-electron chi connectivity index (χ0n) is 22.3. The van der Waals surface area contributed by atoms with Gasteiger partial charge in [-0.2, -0.15) is 0 Å². The van der Waals surface area contributed by atoms with Crippen LogP contribution in [0.1, 0.15) is 69.4 Å². The fraction of sp³-hybridized carbons (Fsp3) is 0.483. The molecule has 37 heavy (non-hydrogen) atoms. The minimum atomic E-state index is -1.14. The summed E-state index contributed by atoms with van der Waals surface area (Å²) < 4.78 is 0. The van der Waals surface area contributed by atoms with Gasteiger partial charge < -0.3 is 20.4 Å². The molecule has 0 unspecified atom stereocenters. The minimum absolute atomic E-state index is 0.0959. The number of benzene rings is 2. The molecule has 1 fully saturated rings. The predicted molar refractivity (Wildman–Crippen MR) is 144 cm³/mol. The number of piperidine rings is 1. The van der Waals surface area contributed by atoms with Crippen molar-refractivity contribution < 1.29 is 24.6 Å². The van der Waals surface area contributed by atoms with E-state index in [0.29, 0.717) is 30.1 Å². The van der Waals surface area contributed by atoms with E-state index in [1.54, 1.807) is 43.0 Å². The molecule has 2 atom stereocenters. The monoisotopic (exact) mass is 528 g/mol. The summed E-state index contributed by atoms with van der Waals surface area (Å²) in [6, 6.07) is 12.6. The van der Waals surface area contributed by atoms with Crippen molar-refractivity contribution >= 4 is 29.4 Å². The molecular formula is C29H37ClN2O5. The van der Waals surface area contributed by atoms with Crippen molar-refractivity contribution in [3.63, 3.8) is 0 Å². The van der Waals surface area contributed by atoms with Gasteiger partial charge in [0, 0.05) is 23.5 Å². The minimum Gasteiger partial charge on any atom is -0.478 e. The van der Waals surface area contributed by atoms with Gasteiger partial charge in [0.1, 0.15) is 6.04 Å². The molecule has 1 aliphatic rings. The number of aliphatic hydroxyl groups is 1. The Morgan fingerprint density at radius 3 is 2.24 bits per heavy atom. The Morgan fingerprint density at radius 1 is 1.08 bits per heavy atom. The summed E-state index contributed by atoms with van der Waals surface area (Å²) in [6.07, 6.45) is 0.347. The number of rotatable bonds is 7. The Hall–Kier alpha value is -2.90. The van der Waals surface area contributed by atoms with Crippen molar-refractivity contribution in [3.05, 3.63) is 70.2 Å². The third-order valence-electron chi connectivity index (χ3n) is 7.70. The molecule has 0 radical (unpaired) electrons. The fourth-order valence-electron chi connectivity index (χ4n) is 4.97. The third-order valence-corrected chi connectivity index (χ3v) is 7.95. The van der Waals surface area contributed by atoms with E-state index in [9.17, 15) is 24.6 Å². The van der Waals surface area contributed by atoms with Crippen LogP contribution in [0.25, 0.3) is 0 Å². The fourth-order valence-corrected chi connectivity index (χ4v) is 5.10. The molecule has 0 bridgehead atoms. The molecule has 1 heterocycles. The van der Waals surface area contributed by atoms with Gasteiger partial charge in [0.2, 0.25) is 11.8 Å². The van der Waals surface area contributed by atoms with Gasteiger partial charge in [-0.1, -0.05) is 63.6 Å². The zero-order chi connectivity index (χ0) is 27.8. The first kappa shape index (κ1) is 28.7. The molecular weight excluding hydrogens is 492 g/mol. The van der Waals surface area contributed by atoms with Crippen molar-refractivity contribution in [1.29, 1.82) is 0 Å². The Kier molecular flexibility index (Phi) is 8.11. The normalized spacial score (nSPS) is 20.4. The van der Waals surface area contributed by atoms with Crippen LogP contribution < -0.4 is 5.32 Å². The molecule has 2 aromatic carbocycles. The topological polar surface area (TPSA) is 107 Å². The average molecular weight is 529 g/mol. The van der Waals surface area contributed by atoms with Crippen LogP contribution in [0.3, 0.4) is 0 Å². The highest BCUT2D eigenvalue weighted by atomic mass is 35.5. The highest BCUT2D eigenvalue weighted by molar-refractivity contribution is 6.30. The van der Waals surface area contributed by atoms with Crippen LogP contribution in [0.15, 0.2) is 48.5 Å². The summed E-state index contributed by atoms with van der Waals surface area (Å²) >= 11 is 6.04. The number of hydrogen-bond acceptors (Lipinski definition) is 4. The molecule has 2 amide bonds. The molecule has 1 saturated heterocycles. The van der Waals surface area contributed by atoms with Crippen molar-refractivity contribution in [3.8, 4) is 0 Å². The van der Waals surface area contributed by atoms with Gasteiger partial charge in [-0.3, -0.25) is 9.59 Å². The molecule has 7 nitrogen and oxygen atoms in total. The molecule has 0 spiro atoms. The lowest BCUT2D eigenvalue weighted by Crippen LogP contribution is -2.61. The molecule has 0 aliphatic carbocycles. The number of hydrogen-bond donors (Lipinski definition) is 3. The first-order valence-electron chi connectivity index (χ1n) is 12.5.